The Morgan fingerprint density at radius 1 is 1.10 bits per heavy atom. The number of carbonyl (C=O) groups is 1. The molecule has 21 heavy (non-hydrogen) atoms. The molecule has 1 saturated carbocycles. The molecule has 4 heteroatoms. The van der Waals surface area contributed by atoms with Gasteiger partial charge in [0.2, 0.25) is 0 Å². The standard InChI is InChI=1S/C17H30N2O2/c1-17(10-4-5-13-21-17)16(20)18-14-8-11-19(12-9-14)15-6-2-3-7-15/h14-15H,2-13H2,1H3,(H,18,20)/t17-/m1/s1. The maximum absolute atomic E-state index is 12.5. The van der Waals surface area contributed by atoms with Gasteiger partial charge in [-0.25, -0.2) is 0 Å². The van der Waals surface area contributed by atoms with Gasteiger partial charge in [0.1, 0.15) is 5.60 Å². The maximum atomic E-state index is 12.5. The molecule has 0 radical (unpaired) electrons. The minimum Gasteiger partial charge on any atom is -0.365 e. The summed E-state index contributed by atoms with van der Waals surface area (Å²) in [6.07, 6.45) is 10.8. The lowest BCUT2D eigenvalue weighted by Gasteiger charge is -2.38. The van der Waals surface area contributed by atoms with Gasteiger partial charge >= 0.3 is 0 Å². The van der Waals surface area contributed by atoms with E-state index in [1.165, 1.54) is 25.7 Å². The van der Waals surface area contributed by atoms with Crippen LogP contribution in [0.2, 0.25) is 0 Å². The minimum absolute atomic E-state index is 0.113. The van der Waals surface area contributed by atoms with Gasteiger partial charge in [-0.2, -0.15) is 0 Å². The molecule has 2 saturated heterocycles. The minimum atomic E-state index is -0.583. The number of rotatable bonds is 3. The van der Waals surface area contributed by atoms with Crippen molar-refractivity contribution in [2.24, 2.45) is 0 Å². The molecule has 2 heterocycles. The SMILES string of the molecule is C[C@]1(C(=O)NC2CCN(C3CCCC3)CC2)CCCCO1. The Labute approximate surface area is 128 Å². The van der Waals surface area contributed by atoms with Crippen LogP contribution < -0.4 is 5.32 Å². The highest BCUT2D eigenvalue weighted by Gasteiger charge is 2.37. The molecular weight excluding hydrogens is 264 g/mol. The summed E-state index contributed by atoms with van der Waals surface area (Å²) >= 11 is 0. The highest BCUT2D eigenvalue weighted by Crippen LogP contribution is 2.27. The average Bonchev–Trinajstić information content (AvgIpc) is 3.03. The van der Waals surface area contributed by atoms with Gasteiger partial charge < -0.3 is 15.0 Å². The largest absolute Gasteiger partial charge is 0.365 e. The first-order chi connectivity index (χ1) is 10.2. The fraction of sp³-hybridized carbons (Fsp3) is 0.941. The lowest BCUT2D eigenvalue weighted by Crippen LogP contribution is -2.54. The maximum Gasteiger partial charge on any atom is 0.252 e. The first-order valence-corrected chi connectivity index (χ1v) is 8.86. The zero-order valence-electron chi connectivity index (χ0n) is 13.4. The molecule has 0 unspecified atom stereocenters. The number of carbonyl (C=O) groups excluding carboxylic acids is 1. The number of amides is 1. The molecule has 0 spiro atoms. The van der Waals surface area contributed by atoms with Crippen LogP contribution in [-0.2, 0) is 9.53 Å². The van der Waals surface area contributed by atoms with Crippen LogP contribution in [0.3, 0.4) is 0 Å². The second-order valence-electron chi connectivity index (χ2n) is 7.26. The Bertz CT molecular complexity index is 352. The summed E-state index contributed by atoms with van der Waals surface area (Å²) in [5.74, 6) is 0.113. The summed E-state index contributed by atoms with van der Waals surface area (Å²) in [5.41, 5.74) is -0.583. The summed E-state index contributed by atoms with van der Waals surface area (Å²) in [5, 5.41) is 3.25. The third-order valence-corrected chi connectivity index (χ3v) is 5.65. The third kappa shape index (κ3) is 3.59. The van der Waals surface area contributed by atoms with Crippen molar-refractivity contribution in [3.8, 4) is 0 Å². The van der Waals surface area contributed by atoms with Gasteiger partial charge in [-0.05, 0) is 51.9 Å². The van der Waals surface area contributed by atoms with Crippen molar-refractivity contribution in [3.63, 3.8) is 0 Å². The Morgan fingerprint density at radius 3 is 2.43 bits per heavy atom. The van der Waals surface area contributed by atoms with Crippen molar-refractivity contribution in [2.45, 2.75) is 82.4 Å². The van der Waals surface area contributed by atoms with E-state index in [4.69, 9.17) is 4.74 Å². The van der Waals surface area contributed by atoms with E-state index in [-0.39, 0.29) is 5.91 Å². The molecule has 0 aromatic rings. The number of likely N-dealkylation sites (tertiary alicyclic amines) is 1. The molecule has 3 fully saturated rings. The van der Waals surface area contributed by atoms with Crippen molar-refractivity contribution in [3.05, 3.63) is 0 Å². The van der Waals surface area contributed by atoms with Gasteiger partial charge in [0, 0.05) is 31.8 Å². The Hall–Kier alpha value is -0.610. The molecule has 0 bridgehead atoms. The van der Waals surface area contributed by atoms with Crippen LogP contribution in [0.1, 0.15) is 64.7 Å². The molecule has 1 amide bonds. The van der Waals surface area contributed by atoms with E-state index in [1.807, 2.05) is 6.92 Å². The average molecular weight is 294 g/mol. The molecule has 2 aliphatic heterocycles. The lowest BCUT2D eigenvalue weighted by molar-refractivity contribution is -0.151. The monoisotopic (exact) mass is 294 g/mol. The molecule has 3 aliphatic rings. The molecule has 4 nitrogen and oxygen atoms in total. The smallest absolute Gasteiger partial charge is 0.252 e. The van der Waals surface area contributed by atoms with Gasteiger partial charge in [0.15, 0.2) is 0 Å². The Morgan fingerprint density at radius 2 is 1.81 bits per heavy atom. The summed E-state index contributed by atoms with van der Waals surface area (Å²) in [7, 11) is 0. The molecule has 1 aliphatic carbocycles. The van der Waals surface area contributed by atoms with Gasteiger partial charge in [-0.1, -0.05) is 12.8 Å². The highest BCUT2D eigenvalue weighted by atomic mass is 16.5. The summed E-state index contributed by atoms with van der Waals surface area (Å²) < 4.78 is 5.75. The van der Waals surface area contributed by atoms with E-state index in [1.54, 1.807) is 0 Å². The first-order valence-electron chi connectivity index (χ1n) is 8.86. The molecule has 0 aromatic carbocycles. The normalized spacial score (nSPS) is 33.2. The van der Waals surface area contributed by atoms with Crippen LogP contribution >= 0.6 is 0 Å². The summed E-state index contributed by atoms with van der Waals surface area (Å²) in [6.45, 7) is 4.97. The van der Waals surface area contributed by atoms with Gasteiger partial charge in [-0.3, -0.25) is 4.79 Å². The van der Waals surface area contributed by atoms with Crippen LogP contribution in [-0.4, -0.2) is 48.2 Å². The molecule has 3 rings (SSSR count). The van der Waals surface area contributed by atoms with E-state index in [9.17, 15) is 4.79 Å². The predicted octanol–water partition coefficient (Wildman–Crippen LogP) is 2.47. The molecule has 1 N–H and O–H groups in total. The van der Waals surface area contributed by atoms with Crippen molar-refractivity contribution in [1.29, 1.82) is 0 Å². The van der Waals surface area contributed by atoms with E-state index >= 15 is 0 Å². The topological polar surface area (TPSA) is 41.6 Å². The van der Waals surface area contributed by atoms with Gasteiger partial charge in [-0.15, -0.1) is 0 Å². The van der Waals surface area contributed by atoms with E-state index in [0.717, 1.165) is 57.8 Å². The van der Waals surface area contributed by atoms with Crippen LogP contribution in [0.15, 0.2) is 0 Å². The predicted molar refractivity (Wildman–Crippen MR) is 83.2 cm³/mol. The van der Waals surface area contributed by atoms with Gasteiger partial charge in [0.25, 0.3) is 5.91 Å². The lowest BCUT2D eigenvalue weighted by atomic mass is 9.93. The van der Waals surface area contributed by atoms with Crippen LogP contribution in [0.5, 0.6) is 0 Å². The number of hydrogen-bond donors (Lipinski definition) is 1. The number of nitrogens with one attached hydrogen (secondary N) is 1. The second-order valence-corrected chi connectivity index (χ2v) is 7.26. The van der Waals surface area contributed by atoms with E-state index < -0.39 is 5.60 Å². The molecule has 120 valence electrons. The second kappa shape index (κ2) is 6.66. The fourth-order valence-corrected chi connectivity index (χ4v) is 4.13. The summed E-state index contributed by atoms with van der Waals surface area (Å²) in [6, 6.07) is 1.17. The molecule has 0 aromatic heterocycles. The number of nitrogens with zero attached hydrogens (tertiary/aromatic N) is 1. The van der Waals surface area contributed by atoms with Crippen LogP contribution in [0.25, 0.3) is 0 Å². The van der Waals surface area contributed by atoms with E-state index in [2.05, 4.69) is 10.2 Å². The number of piperidine rings is 1. The first kappa shape index (κ1) is 15.3. The zero-order valence-corrected chi connectivity index (χ0v) is 13.4. The van der Waals surface area contributed by atoms with Crippen molar-refractivity contribution >= 4 is 5.91 Å². The molecular formula is C17H30N2O2. The third-order valence-electron chi connectivity index (χ3n) is 5.65. The molecule has 1 atom stereocenters. The Kier molecular flexibility index (Phi) is 4.85. The Balaban J connectivity index is 1.45. The number of ether oxygens (including phenoxy) is 1. The highest BCUT2D eigenvalue weighted by molar-refractivity contribution is 5.85. The van der Waals surface area contributed by atoms with Crippen LogP contribution in [0, 0.1) is 0 Å². The van der Waals surface area contributed by atoms with E-state index in [0.29, 0.717) is 6.04 Å². The fourth-order valence-electron chi connectivity index (χ4n) is 4.13. The quantitative estimate of drug-likeness (QED) is 0.869. The summed E-state index contributed by atoms with van der Waals surface area (Å²) in [4.78, 5) is 15.1. The number of hydrogen-bond acceptors (Lipinski definition) is 3. The van der Waals surface area contributed by atoms with Crippen molar-refractivity contribution in [1.82, 2.24) is 10.2 Å². The van der Waals surface area contributed by atoms with Crippen molar-refractivity contribution in [2.75, 3.05) is 19.7 Å². The zero-order chi connectivity index (χ0) is 14.7. The van der Waals surface area contributed by atoms with Gasteiger partial charge in [0.05, 0.1) is 0 Å². The van der Waals surface area contributed by atoms with Crippen LogP contribution in [0.4, 0.5) is 0 Å². The van der Waals surface area contributed by atoms with Crippen molar-refractivity contribution < 1.29 is 9.53 Å².